The number of likely N-dealkylation sites (tertiary alicyclic amines) is 1. The van der Waals surface area contributed by atoms with Gasteiger partial charge >= 0.3 is 0 Å². The zero-order valence-electron chi connectivity index (χ0n) is 28.7. The van der Waals surface area contributed by atoms with E-state index in [9.17, 15) is 10.2 Å². The SMILES string of the molecule is COCCOCCOCCOCCOCCOCCOCCOC1CC[C@@]2(O)[C@H]3Cc4ccc(O)c5c4[C@@]2(CCN3CC2CCC2)[C@H]1O5. The molecule has 3 fully saturated rings. The molecule has 12 heteroatoms. The van der Waals surface area contributed by atoms with Crippen LogP contribution in [0.1, 0.15) is 49.7 Å². The summed E-state index contributed by atoms with van der Waals surface area (Å²) in [6.07, 6.45) is 6.41. The molecular weight excluding hydrogens is 622 g/mol. The van der Waals surface area contributed by atoms with Gasteiger partial charge < -0.3 is 52.8 Å². The van der Waals surface area contributed by atoms with Gasteiger partial charge in [0.05, 0.1) is 110 Å². The van der Waals surface area contributed by atoms with Crippen LogP contribution in [0.4, 0.5) is 0 Å². The van der Waals surface area contributed by atoms with Crippen LogP contribution in [0.5, 0.6) is 11.5 Å². The fraction of sp³-hybridized carbons (Fsp3) is 0.833. The van der Waals surface area contributed by atoms with Crippen LogP contribution in [0.3, 0.4) is 0 Å². The highest BCUT2D eigenvalue weighted by Crippen LogP contribution is 2.65. The molecule has 272 valence electrons. The van der Waals surface area contributed by atoms with Crippen molar-refractivity contribution in [2.75, 3.05) is 113 Å². The Hall–Kier alpha value is -1.58. The molecule has 5 atom stereocenters. The van der Waals surface area contributed by atoms with Gasteiger partial charge in [-0.15, -0.1) is 0 Å². The molecule has 2 heterocycles. The monoisotopic (exact) mass is 679 g/mol. The second-order valence-corrected chi connectivity index (χ2v) is 13.8. The Balaban J connectivity index is 0.843. The standard InChI is InChI=1S/C36H57NO11/c1-40-11-12-41-13-14-42-15-16-43-17-18-44-19-20-45-21-22-46-23-24-47-30-7-8-36(39)31-25-28-5-6-29(38)33-32(28)35(36,34(30)48-33)9-10-37(31)26-27-3-2-4-27/h5-6,27,30-31,34,38-39H,2-4,7-26H2,1H3/t30?,31-,34+,35+,36-/m1/s1. The molecule has 1 saturated heterocycles. The highest BCUT2D eigenvalue weighted by atomic mass is 16.6. The van der Waals surface area contributed by atoms with Crippen LogP contribution in [0.2, 0.25) is 0 Å². The average Bonchev–Trinajstić information content (AvgIpc) is 3.42. The number of aliphatic hydroxyl groups is 1. The zero-order chi connectivity index (χ0) is 33.2. The van der Waals surface area contributed by atoms with E-state index in [1.807, 2.05) is 6.07 Å². The van der Waals surface area contributed by atoms with Crippen molar-refractivity contribution < 1.29 is 52.8 Å². The summed E-state index contributed by atoms with van der Waals surface area (Å²) in [5, 5.41) is 23.4. The van der Waals surface area contributed by atoms with E-state index in [0.717, 1.165) is 37.4 Å². The van der Waals surface area contributed by atoms with Crippen LogP contribution >= 0.6 is 0 Å². The van der Waals surface area contributed by atoms with Gasteiger partial charge in [0.25, 0.3) is 0 Å². The second kappa shape index (κ2) is 17.6. The summed E-state index contributed by atoms with van der Waals surface area (Å²) in [5.41, 5.74) is 0.785. The number of piperidine rings is 1. The number of ether oxygens (including phenoxy) is 9. The molecule has 1 aromatic rings. The molecular formula is C36H57NO11. The molecule has 48 heavy (non-hydrogen) atoms. The van der Waals surface area contributed by atoms with Crippen molar-refractivity contribution >= 4 is 0 Å². The molecule has 1 unspecified atom stereocenters. The average molecular weight is 680 g/mol. The molecule has 2 bridgehead atoms. The van der Waals surface area contributed by atoms with Crippen molar-refractivity contribution in [2.45, 2.75) is 74.2 Å². The number of hydrogen-bond donors (Lipinski definition) is 2. The van der Waals surface area contributed by atoms with Crippen LogP contribution in [-0.2, 0) is 49.7 Å². The minimum Gasteiger partial charge on any atom is -0.504 e. The zero-order valence-corrected chi connectivity index (χ0v) is 28.7. The van der Waals surface area contributed by atoms with Gasteiger partial charge in [-0.2, -0.15) is 0 Å². The van der Waals surface area contributed by atoms with E-state index in [-0.39, 0.29) is 24.0 Å². The number of benzene rings is 1. The lowest BCUT2D eigenvalue weighted by molar-refractivity contribution is -0.218. The first-order chi connectivity index (χ1) is 23.6. The molecule has 0 amide bonds. The summed E-state index contributed by atoms with van der Waals surface area (Å²) in [6, 6.07) is 3.87. The molecule has 2 aliphatic heterocycles. The van der Waals surface area contributed by atoms with E-state index in [1.54, 1.807) is 13.2 Å². The first kappa shape index (κ1) is 36.2. The summed E-state index contributed by atoms with van der Waals surface area (Å²) >= 11 is 0. The molecule has 6 rings (SSSR count). The maximum atomic E-state index is 12.6. The Bertz CT molecular complexity index is 1140. The molecule has 5 aliphatic rings. The maximum absolute atomic E-state index is 12.6. The predicted molar refractivity (Wildman–Crippen MR) is 176 cm³/mol. The molecule has 12 nitrogen and oxygen atoms in total. The van der Waals surface area contributed by atoms with Crippen molar-refractivity contribution in [2.24, 2.45) is 5.92 Å². The topological polar surface area (TPSA) is 127 Å². The summed E-state index contributed by atoms with van der Waals surface area (Å²) in [4.78, 5) is 2.57. The maximum Gasteiger partial charge on any atom is 0.165 e. The van der Waals surface area contributed by atoms with E-state index < -0.39 is 11.0 Å². The lowest BCUT2D eigenvalue weighted by atomic mass is 9.48. The van der Waals surface area contributed by atoms with Gasteiger partial charge in [0.15, 0.2) is 11.5 Å². The van der Waals surface area contributed by atoms with E-state index in [1.165, 1.54) is 24.8 Å². The predicted octanol–water partition coefficient (Wildman–Crippen LogP) is 2.48. The third-order valence-corrected chi connectivity index (χ3v) is 11.1. The van der Waals surface area contributed by atoms with Crippen LogP contribution in [0.25, 0.3) is 0 Å². The van der Waals surface area contributed by atoms with Crippen molar-refractivity contribution in [1.82, 2.24) is 4.90 Å². The van der Waals surface area contributed by atoms with Crippen molar-refractivity contribution in [3.05, 3.63) is 23.3 Å². The number of phenolic OH excluding ortho intramolecular Hbond substituents is 1. The molecule has 0 aromatic heterocycles. The highest BCUT2D eigenvalue weighted by Gasteiger charge is 2.73. The van der Waals surface area contributed by atoms with Gasteiger partial charge in [0, 0.05) is 25.3 Å². The molecule has 2 saturated carbocycles. The molecule has 2 N–H and O–H groups in total. The number of aromatic hydroxyl groups is 1. The number of nitrogens with zero attached hydrogens (tertiary/aromatic N) is 1. The van der Waals surface area contributed by atoms with E-state index in [0.29, 0.717) is 111 Å². The van der Waals surface area contributed by atoms with Gasteiger partial charge in [-0.25, -0.2) is 0 Å². The van der Waals surface area contributed by atoms with Gasteiger partial charge in [-0.05, 0) is 62.6 Å². The molecule has 1 spiro atoms. The summed E-state index contributed by atoms with van der Waals surface area (Å²) in [6.45, 7) is 9.17. The van der Waals surface area contributed by atoms with Crippen molar-refractivity contribution in [3.8, 4) is 11.5 Å². The smallest absolute Gasteiger partial charge is 0.165 e. The molecule has 3 aliphatic carbocycles. The lowest BCUT2D eigenvalue weighted by Crippen LogP contribution is -2.77. The van der Waals surface area contributed by atoms with Crippen LogP contribution in [0.15, 0.2) is 12.1 Å². The Morgan fingerprint density at radius 1 is 0.771 bits per heavy atom. The summed E-state index contributed by atoms with van der Waals surface area (Å²) in [5.74, 6) is 1.47. The van der Waals surface area contributed by atoms with Gasteiger partial charge in [-0.3, -0.25) is 4.90 Å². The normalized spacial score (nSPS) is 29.1. The quantitative estimate of drug-likeness (QED) is 0.156. The number of rotatable bonds is 24. The third kappa shape index (κ3) is 7.83. The lowest BCUT2D eigenvalue weighted by Gasteiger charge is -2.64. The summed E-state index contributed by atoms with van der Waals surface area (Å²) in [7, 11) is 1.65. The second-order valence-electron chi connectivity index (χ2n) is 13.8. The van der Waals surface area contributed by atoms with E-state index in [2.05, 4.69) is 4.90 Å². The number of hydrogen-bond acceptors (Lipinski definition) is 12. The van der Waals surface area contributed by atoms with E-state index in [4.69, 9.17) is 42.6 Å². The Morgan fingerprint density at radius 2 is 1.35 bits per heavy atom. The fourth-order valence-corrected chi connectivity index (χ4v) is 8.58. The van der Waals surface area contributed by atoms with Crippen molar-refractivity contribution in [1.29, 1.82) is 0 Å². The molecule has 1 aromatic carbocycles. The van der Waals surface area contributed by atoms with Gasteiger partial charge in [-0.1, -0.05) is 12.5 Å². The largest absolute Gasteiger partial charge is 0.504 e. The minimum absolute atomic E-state index is 0.0666. The van der Waals surface area contributed by atoms with Crippen LogP contribution in [0, 0.1) is 5.92 Å². The first-order valence-corrected chi connectivity index (χ1v) is 18.1. The van der Waals surface area contributed by atoms with Gasteiger partial charge in [0.2, 0.25) is 0 Å². The molecule has 0 radical (unpaired) electrons. The van der Waals surface area contributed by atoms with Gasteiger partial charge in [0.1, 0.15) is 6.10 Å². The summed E-state index contributed by atoms with van der Waals surface area (Å²) < 4.78 is 51.1. The fourth-order valence-electron chi connectivity index (χ4n) is 8.58. The first-order valence-electron chi connectivity index (χ1n) is 18.1. The highest BCUT2D eigenvalue weighted by molar-refractivity contribution is 5.62. The van der Waals surface area contributed by atoms with E-state index >= 15 is 0 Å². The number of methoxy groups -OCH3 is 1. The minimum atomic E-state index is -0.898. The van der Waals surface area contributed by atoms with Crippen LogP contribution < -0.4 is 4.74 Å². The Kier molecular flexibility index (Phi) is 13.3. The van der Waals surface area contributed by atoms with Crippen molar-refractivity contribution in [3.63, 3.8) is 0 Å². The Labute approximate surface area is 285 Å². The Morgan fingerprint density at radius 3 is 1.92 bits per heavy atom. The third-order valence-electron chi connectivity index (χ3n) is 11.1. The van der Waals surface area contributed by atoms with Crippen LogP contribution in [-0.4, -0.2) is 152 Å². The number of phenols is 1.